The number of allylic oxidation sites excluding steroid dienone is 1. The largest absolute Gasteiger partial charge is 0.483 e. The molecule has 0 saturated heterocycles. The maximum Gasteiger partial charge on any atom is 0.269 e. The molecule has 6 heteroatoms. The summed E-state index contributed by atoms with van der Waals surface area (Å²) in [4.78, 5) is 22.2. The predicted molar refractivity (Wildman–Crippen MR) is 90.8 cm³/mol. The molecule has 0 bridgehead atoms. The Morgan fingerprint density at radius 1 is 1.25 bits per heavy atom. The Morgan fingerprint density at radius 2 is 2.00 bits per heavy atom. The fraction of sp³-hybridized carbons (Fsp3) is 0.167. The molecule has 0 aliphatic rings. The first-order chi connectivity index (χ1) is 11.6. The van der Waals surface area contributed by atoms with Gasteiger partial charge in [0.25, 0.3) is 11.6 Å². The fourth-order valence-corrected chi connectivity index (χ4v) is 2.13. The van der Waals surface area contributed by atoms with Crippen LogP contribution in [-0.2, 0) is 17.8 Å². The van der Waals surface area contributed by atoms with Crippen molar-refractivity contribution in [2.45, 2.75) is 13.0 Å². The molecule has 0 aliphatic carbocycles. The Labute approximate surface area is 139 Å². The minimum absolute atomic E-state index is 0.0206. The van der Waals surface area contributed by atoms with E-state index in [-0.39, 0.29) is 18.2 Å². The van der Waals surface area contributed by atoms with Gasteiger partial charge in [-0.3, -0.25) is 14.9 Å². The van der Waals surface area contributed by atoms with E-state index in [1.54, 1.807) is 6.08 Å². The lowest BCUT2D eigenvalue weighted by atomic mass is 10.1. The molecule has 0 saturated carbocycles. The van der Waals surface area contributed by atoms with Gasteiger partial charge in [-0.05, 0) is 18.1 Å². The number of nitrogens with one attached hydrogen (secondary N) is 1. The Balaban J connectivity index is 1.94. The fourth-order valence-electron chi connectivity index (χ4n) is 2.13. The number of carbonyl (C=O) groups is 1. The predicted octanol–water partition coefficient (Wildman–Crippen LogP) is 3.02. The van der Waals surface area contributed by atoms with Crippen LogP contribution in [0.25, 0.3) is 0 Å². The first kappa shape index (κ1) is 17.2. The highest BCUT2D eigenvalue weighted by atomic mass is 16.6. The van der Waals surface area contributed by atoms with Crippen LogP contribution >= 0.6 is 0 Å². The van der Waals surface area contributed by atoms with Crippen molar-refractivity contribution < 1.29 is 14.5 Å². The molecular weight excluding hydrogens is 308 g/mol. The van der Waals surface area contributed by atoms with Gasteiger partial charge in [0.2, 0.25) is 0 Å². The van der Waals surface area contributed by atoms with Gasteiger partial charge in [0, 0.05) is 24.2 Å². The number of nitro groups is 1. The summed E-state index contributed by atoms with van der Waals surface area (Å²) >= 11 is 0. The summed E-state index contributed by atoms with van der Waals surface area (Å²) in [6.07, 6.45) is 2.05. The van der Waals surface area contributed by atoms with Gasteiger partial charge in [-0.1, -0.05) is 36.4 Å². The molecular formula is C18H18N2O4. The minimum Gasteiger partial charge on any atom is -0.483 e. The summed E-state index contributed by atoms with van der Waals surface area (Å²) in [6.45, 7) is 3.89. The first-order valence-electron chi connectivity index (χ1n) is 7.42. The lowest BCUT2D eigenvalue weighted by Crippen LogP contribution is -2.28. The molecule has 2 rings (SSSR count). The smallest absolute Gasteiger partial charge is 0.269 e. The van der Waals surface area contributed by atoms with E-state index in [0.717, 1.165) is 5.56 Å². The van der Waals surface area contributed by atoms with Crippen LogP contribution in [0.15, 0.2) is 61.2 Å². The van der Waals surface area contributed by atoms with Gasteiger partial charge in [0.1, 0.15) is 5.75 Å². The quantitative estimate of drug-likeness (QED) is 0.459. The van der Waals surface area contributed by atoms with Crippen molar-refractivity contribution in [1.82, 2.24) is 5.32 Å². The van der Waals surface area contributed by atoms with E-state index in [0.29, 0.717) is 24.3 Å². The number of ether oxygens (including phenoxy) is 1. The zero-order valence-corrected chi connectivity index (χ0v) is 13.1. The van der Waals surface area contributed by atoms with Gasteiger partial charge in [-0.15, -0.1) is 6.58 Å². The normalized spacial score (nSPS) is 10.0. The zero-order valence-electron chi connectivity index (χ0n) is 13.1. The van der Waals surface area contributed by atoms with E-state index < -0.39 is 4.92 Å². The molecule has 24 heavy (non-hydrogen) atoms. The number of benzene rings is 2. The Kier molecular flexibility index (Phi) is 6.08. The molecule has 0 aliphatic heterocycles. The number of carbonyl (C=O) groups excluding carboxylic acids is 1. The molecule has 0 radical (unpaired) electrons. The van der Waals surface area contributed by atoms with E-state index in [1.807, 2.05) is 30.3 Å². The second-order valence-electron chi connectivity index (χ2n) is 5.09. The molecule has 0 spiro atoms. The molecule has 2 aromatic rings. The third-order valence-corrected chi connectivity index (χ3v) is 3.31. The van der Waals surface area contributed by atoms with E-state index in [4.69, 9.17) is 4.74 Å². The van der Waals surface area contributed by atoms with Gasteiger partial charge in [0.15, 0.2) is 6.61 Å². The summed E-state index contributed by atoms with van der Waals surface area (Å²) < 4.78 is 5.49. The molecule has 0 heterocycles. The summed E-state index contributed by atoms with van der Waals surface area (Å²) in [6, 6.07) is 13.8. The van der Waals surface area contributed by atoms with Gasteiger partial charge >= 0.3 is 0 Å². The van der Waals surface area contributed by atoms with Crippen LogP contribution in [0.2, 0.25) is 0 Å². The van der Waals surface area contributed by atoms with Crippen molar-refractivity contribution >= 4 is 11.6 Å². The SMILES string of the molecule is C=CCc1cc([N+](=O)[O-])ccc1OCC(=O)NCc1ccccc1. The third kappa shape index (κ3) is 4.95. The van der Waals surface area contributed by atoms with Crippen molar-refractivity contribution in [3.8, 4) is 5.75 Å². The molecule has 0 fully saturated rings. The summed E-state index contributed by atoms with van der Waals surface area (Å²) in [7, 11) is 0. The van der Waals surface area contributed by atoms with E-state index >= 15 is 0 Å². The monoisotopic (exact) mass is 326 g/mol. The van der Waals surface area contributed by atoms with Crippen molar-refractivity contribution in [1.29, 1.82) is 0 Å². The van der Waals surface area contributed by atoms with Gasteiger partial charge in [-0.2, -0.15) is 0 Å². The van der Waals surface area contributed by atoms with Crippen LogP contribution in [-0.4, -0.2) is 17.4 Å². The summed E-state index contributed by atoms with van der Waals surface area (Å²) in [5.74, 6) is 0.178. The number of nitro benzene ring substituents is 1. The maximum atomic E-state index is 11.9. The second kappa shape index (κ2) is 8.47. The number of hydrogen-bond acceptors (Lipinski definition) is 4. The van der Waals surface area contributed by atoms with Crippen LogP contribution in [0.3, 0.4) is 0 Å². The maximum absolute atomic E-state index is 11.9. The van der Waals surface area contributed by atoms with E-state index in [2.05, 4.69) is 11.9 Å². The summed E-state index contributed by atoms with van der Waals surface area (Å²) in [5, 5.41) is 13.6. The molecule has 1 N–H and O–H groups in total. The highest BCUT2D eigenvalue weighted by Gasteiger charge is 2.12. The Hall–Kier alpha value is -3.15. The van der Waals surface area contributed by atoms with Crippen LogP contribution < -0.4 is 10.1 Å². The average Bonchev–Trinajstić information content (AvgIpc) is 2.60. The van der Waals surface area contributed by atoms with Crippen LogP contribution in [0.4, 0.5) is 5.69 Å². The van der Waals surface area contributed by atoms with Crippen molar-refractivity contribution in [3.63, 3.8) is 0 Å². The second-order valence-corrected chi connectivity index (χ2v) is 5.09. The molecule has 6 nitrogen and oxygen atoms in total. The number of amides is 1. The zero-order chi connectivity index (χ0) is 17.4. The molecule has 0 atom stereocenters. The standard InChI is InChI=1S/C18H18N2O4/c1-2-6-15-11-16(20(22)23)9-10-17(15)24-13-18(21)19-12-14-7-4-3-5-8-14/h2-5,7-11H,1,6,12-13H2,(H,19,21). The third-order valence-electron chi connectivity index (χ3n) is 3.31. The van der Waals surface area contributed by atoms with E-state index in [1.165, 1.54) is 18.2 Å². The van der Waals surface area contributed by atoms with Gasteiger partial charge < -0.3 is 10.1 Å². The first-order valence-corrected chi connectivity index (χ1v) is 7.42. The topological polar surface area (TPSA) is 81.5 Å². The summed E-state index contributed by atoms with van der Waals surface area (Å²) in [5.41, 5.74) is 1.59. The minimum atomic E-state index is -0.469. The highest BCUT2D eigenvalue weighted by molar-refractivity contribution is 5.77. The van der Waals surface area contributed by atoms with E-state index in [9.17, 15) is 14.9 Å². The number of nitrogens with zero attached hydrogens (tertiary/aromatic N) is 1. The molecule has 124 valence electrons. The van der Waals surface area contributed by atoms with Crippen molar-refractivity contribution in [3.05, 3.63) is 82.4 Å². The number of non-ortho nitro benzene ring substituents is 1. The van der Waals surface area contributed by atoms with Gasteiger partial charge in [0.05, 0.1) is 4.92 Å². The lowest BCUT2D eigenvalue weighted by molar-refractivity contribution is -0.384. The highest BCUT2D eigenvalue weighted by Crippen LogP contribution is 2.24. The molecule has 2 aromatic carbocycles. The lowest BCUT2D eigenvalue weighted by Gasteiger charge is -2.11. The number of rotatable bonds is 8. The Bertz CT molecular complexity index is 729. The molecule has 1 amide bonds. The van der Waals surface area contributed by atoms with Gasteiger partial charge in [-0.25, -0.2) is 0 Å². The van der Waals surface area contributed by atoms with Crippen LogP contribution in [0.5, 0.6) is 5.75 Å². The Morgan fingerprint density at radius 3 is 2.67 bits per heavy atom. The van der Waals surface area contributed by atoms with Crippen LogP contribution in [0.1, 0.15) is 11.1 Å². The van der Waals surface area contributed by atoms with Crippen LogP contribution in [0, 0.1) is 10.1 Å². The molecule has 0 aromatic heterocycles. The average molecular weight is 326 g/mol. The molecule has 0 unspecified atom stereocenters. The van der Waals surface area contributed by atoms with Crippen molar-refractivity contribution in [2.24, 2.45) is 0 Å². The van der Waals surface area contributed by atoms with Crippen molar-refractivity contribution in [2.75, 3.05) is 6.61 Å². The number of hydrogen-bond donors (Lipinski definition) is 1.